The Bertz CT molecular complexity index is 1810. The van der Waals surface area contributed by atoms with Crippen LogP contribution < -0.4 is 10.6 Å². The molecule has 2 heterocycles. The summed E-state index contributed by atoms with van der Waals surface area (Å²) in [5.41, 5.74) is 7.16. The van der Waals surface area contributed by atoms with Crippen molar-refractivity contribution in [2.45, 2.75) is 79.3 Å². The van der Waals surface area contributed by atoms with Gasteiger partial charge in [0.05, 0.1) is 23.9 Å². The highest BCUT2D eigenvalue weighted by atomic mass is 16.3. The number of aromatic nitrogens is 2. The van der Waals surface area contributed by atoms with Crippen LogP contribution in [0.4, 0.5) is 16.2 Å². The van der Waals surface area contributed by atoms with E-state index < -0.39 is 12.1 Å². The zero-order valence-electron chi connectivity index (χ0n) is 29.3. The first kappa shape index (κ1) is 35.3. The van der Waals surface area contributed by atoms with Crippen LogP contribution in [0.2, 0.25) is 0 Å². The fraction of sp³-hybridized carbons (Fsp3) is 0.385. The first-order chi connectivity index (χ1) is 23.6. The molecule has 1 aliphatic rings. The van der Waals surface area contributed by atoms with E-state index in [-0.39, 0.29) is 18.4 Å². The molecule has 3 aromatic carbocycles. The lowest BCUT2D eigenvalue weighted by atomic mass is 9.93. The Morgan fingerprint density at radius 1 is 0.857 bits per heavy atom. The summed E-state index contributed by atoms with van der Waals surface area (Å²) in [4.78, 5) is 44.8. The molecular weight excluding hydrogens is 616 g/mol. The van der Waals surface area contributed by atoms with Crippen molar-refractivity contribution in [3.63, 3.8) is 0 Å². The number of anilines is 2. The number of aryl methyl sites for hydroxylation is 3. The first-order valence-electron chi connectivity index (χ1n) is 17.3. The number of unbranched alkanes of at least 4 members (excludes halogenated alkanes) is 2. The number of aliphatic hydroxyl groups is 1. The molecule has 1 aromatic heterocycles. The summed E-state index contributed by atoms with van der Waals surface area (Å²) in [5, 5.41) is 20.9. The average Bonchev–Trinajstić information content (AvgIpc) is 3.49. The van der Waals surface area contributed by atoms with Crippen LogP contribution in [0.5, 0.6) is 0 Å². The second-order valence-electron chi connectivity index (χ2n) is 12.9. The monoisotopic (exact) mass is 664 g/mol. The predicted molar refractivity (Wildman–Crippen MR) is 193 cm³/mol. The zero-order chi connectivity index (χ0) is 35.1. The molecule has 4 amide bonds. The van der Waals surface area contributed by atoms with E-state index >= 15 is 0 Å². The van der Waals surface area contributed by atoms with Crippen molar-refractivity contribution in [3.8, 4) is 5.69 Å². The summed E-state index contributed by atoms with van der Waals surface area (Å²) in [5.74, 6) is -0.442. The number of carbonyl (C=O) groups is 3. The third-order valence-corrected chi connectivity index (χ3v) is 9.26. The van der Waals surface area contributed by atoms with Crippen LogP contribution in [0, 0.1) is 20.8 Å². The van der Waals surface area contributed by atoms with Gasteiger partial charge in [-0.25, -0.2) is 9.48 Å². The van der Waals surface area contributed by atoms with Gasteiger partial charge in [0.1, 0.15) is 0 Å². The quantitative estimate of drug-likeness (QED) is 0.150. The fourth-order valence-corrected chi connectivity index (χ4v) is 6.22. The molecule has 49 heavy (non-hydrogen) atoms. The summed E-state index contributed by atoms with van der Waals surface area (Å²) in [7, 11) is 0. The Morgan fingerprint density at radius 3 is 2.16 bits per heavy atom. The molecule has 0 fully saturated rings. The maximum absolute atomic E-state index is 14.5. The summed E-state index contributed by atoms with van der Waals surface area (Å²) in [6, 6.07) is 19.6. The SMILES string of the molecule is CCCCN(CCCC)C(=O)c1cc(C)n(-c2ccc(NC(=O)Nc3ccc(C)c(C)c3)cc2C(=O)N2Cc3ccccc3C[C@H]2CO)n1. The third kappa shape index (κ3) is 8.20. The highest BCUT2D eigenvalue weighted by Crippen LogP contribution is 2.29. The Kier molecular flexibility index (Phi) is 11.5. The number of hydrogen-bond acceptors (Lipinski definition) is 5. The minimum absolute atomic E-state index is 0.133. The highest BCUT2D eigenvalue weighted by molar-refractivity contribution is 6.03. The van der Waals surface area contributed by atoms with Gasteiger partial charge in [0.25, 0.3) is 11.8 Å². The van der Waals surface area contributed by atoms with Gasteiger partial charge in [0.2, 0.25) is 0 Å². The normalized spacial score (nSPS) is 13.9. The number of benzene rings is 3. The molecule has 1 aliphatic heterocycles. The van der Waals surface area contributed by atoms with E-state index in [1.807, 2.05) is 68.1 Å². The fourth-order valence-electron chi connectivity index (χ4n) is 6.22. The van der Waals surface area contributed by atoms with Crippen molar-refractivity contribution in [1.29, 1.82) is 0 Å². The second-order valence-corrected chi connectivity index (χ2v) is 12.9. The maximum atomic E-state index is 14.5. The Labute approximate surface area is 289 Å². The highest BCUT2D eigenvalue weighted by Gasteiger charge is 2.32. The van der Waals surface area contributed by atoms with Crippen molar-refractivity contribution in [1.82, 2.24) is 19.6 Å². The lowest BCUT2D eigenvalue weighted by molar-refractivity contribution is 0.0544. The van der Waals surface area contributed by atoms with Gasteiger partial charge in [-0.15, -0.1) is 0 Å². The molecule has 4 aromatic rings. The van der Waals surface area contributed by atoms with Gasteiger partial charge in [-0.05, 0) is 98.7 Å². The van der Waals surface area contributed by atoms with Crippen molar-refractivity contribution in [3.05, 3.63) is 106 Å². The van der Waals surface area contributed by atoms with Gasteiger partial charge < -0.3 is 25.5 Å². The molecule has 1 atom stereocenters. The van der Waals surface area contributed by atoms with Crippen molar-refractivity contribution in [2.75, 3.05) is 30.3 Å². The lowest BCUT2D eigenvalue weighted by Crippen LogP contribution is -2.46. The number of rotatable bonds is 12. The van der Waals surface area contributed by atoms with Gasteiger partial charge >= 0.3 is 6.03 Å². The van der Waals surface area contributed by atoms with E-state index in [1.54, 1.807) is 33.8 Å². The van der Waals surface area contributed by atoms with Crippen LogP contribution in [-0.2, 0) is 13.0 Å². The number of carbonyl (C=O) groups excluding carboxylic acids is 3. The first-order valence-corrected chi connectivity index (χ1v) is 17.3. The summed E-state index contributed by atoms with van der Waals surface area (Å²) in [6.07, 6.45) is 4.30. The zero-order valence-corrected chi connectivity index (χ0v) is 29.3. The molecule has 0 saturated heterocycles. The van der Waals surface area contributed by atoms with Gasteiger partial charge in [-0.1, -0.05) is 57.0 Å². The largest absolute Gasteiger partial charge is 0.394 e. The molecule has 0 saturated carbocycles. The van der Waals surface area contributed by atoms with Gasteiger partial charge in [0.15, 0.2) is 5.69 Å². The predicted octanol–water partition coefficient (Wildman–Crippen LogP) is 7.04. The van der Waals surface area contributed by atoms with Crippen LogP contribution in [0.25, 0.3) is 5.69 Å². The van der Waals surface area contributed by atoms with Gasteiger partial charge in [-0.3, -0.25) is 9.59 Å². The standard InChI is InChI=1S/C39H48N6O4/c1-6-8-18-43(19-9-7-2)38(48)35-21-28(5)45(42-35)36-17-16-32(41-39(49)40-31-15-14-26(3)27(4)20-31)23-34(36)37(47)44-24-30-13-11-10-12-29(30)22-33(44)25-46/h10-17,20-21,23,33,46H,6-9,18-19,22,24-25H2,1-5H3,(H2,40,41,49)/t33-/m0/s1. The van der Waals surface area contributed by atoms with Crippen LogP contribution in [0.15, 0.2) is 66.7 Å². The number of amides is 4. The molecule has 0 aliphatic carbocycles. The average molecular weight is 665 g/mol. The van der Waals surface area contributed by atoms with E-state index in [0.29, 0.717) is 60.1 Å². The molecular formula is C39H48N6O4. The minimum Gasteiger partial charge on any atom is -0.394 e. The maximum Gasteiger partial charge on any atom is 0.323 e. The minimum atomic E-state index is -0.447. The molecule has 3 N–H and O–H groups in total. The van der Waals surface area contributed by atoms with Crippen molar-refractivity contribution < 1.29 is 19.5 Å². The molecule has 0 spiro atoms. The van der Waals surface area contributed by atoms with Gasteiger partial charge in [-0.2, -0.15) is 5.10 Å². The van der Waals surface area contributed by atoms with Gasteiger partial charge in [0, 0.05) is 36.7 Å². The summed E-state index contributed by atoms with van der Waals surface area (Å²) >= 11 is 0. The van der Waals surface area contributed by atoms with Crippen LogP contribution in [0.1, 0.15) is 88.3 Å². The Morgan fingerprint density at radius 2 is 1.51 bits per heavy atom. The topological polar surface area (TPSA) is 120 Å². The van der Waals surface area contributed by atoms with E-state index in [4.69, 9.17) is 5.10 Å². The molecule has 0 unspecified atom stereocenters. The molecule has 10 heteroatoms. The number of urea groups is 1. The van der Waals surface area contributed by atoms with E-state index in [1.165, 1.54) is 0 Å². The van der Waals surface area contributed by atoms with E-state index in [2.05, 4.69) is 24.5 Å². The number of aliphatic hydroxyl groups excluding tert-OH is 1. The molecule has 258 valence electrons. The van der Waals surface area contributed by atoms with Crippen molar-refractivity contribution in [2.24, 2.45) is 0 Å². The Balaban J connectivity index is 1.51. The molecule has 0 bridgehead atoms. The molecule has 0 radical (unpaired) electrons. The van der Waals surface area contributed by atoms with Crippen molar-refractivity contribution >= 4 is 29.2 Å². The number of nitrogens with one attached hydrogen (secondary N) is 2. The number of fused-ring (bicyclic) bond motifs is 1. The lowest BCUT2D eigenvalue weighted by Gasteiger charge is -2.36. The molecule has 10 nitrogen and oxygen atoms in total. The summed E-state index contributed by atoms with van der Waals surface area (Å²) < 4.78 is 1.63. The van der Waals surface area contributed by atoms with Crippen LogP contribution >= 0.6 is 0 Å². The smallest absolute Gasteiger partial charge is 0.323 e. The summed E-state index contributed by atoms with van der Waals surface area (Å²) in [6.45, 7) is 11.5. The third-order valence-electron chi connectivity index (χ3n) is 9.26. The second kappa shape index (κ2) is 16.0. The van der Waals surface area contributed by atoms with E-state index in [0.717, 1.165) is 47.9 Å². The van der Waals surface area contributed by atoms with Crippen LogP contribution in [0.3, 0.4) is 0 Å². The number of hydrogen-bond donors (Lipinski definition) is 3. The van der Waals surface area contributed by atoms with Crippen LogP contribution in [-0.4, -0.2) is 68.3 Å². The number of nitrogens with zero attached hydrogens (tertiary/aromatic N) is 4. The Hall–Kier alpha value is -4.96. The molecule has 5 rings (SSSR count). The van der Waals surface area contributed by atoms with E-state index in [9.17, 15) is 19.5 Å².